The van der Waals surface area contributed by atoms with Crippen LogP contribution in [0, 0.1) is 13.8 Å². The molecule has 2 aromatic heterocycles. The highest BCUT2D eigenvalue weighted by Crippen LogP contribution is 2.17. The van der Waals surface area contributed by atoms with E-state index >= 15 is 0 Å². The molecule has 132 valence electrons. The van der Waals surface area contributed by atoms with Crippen LogP contribution in [-0.4, -0.2) is 32.9 Å². The van der Waals surface area contributed by atoms with Gasteiger partial charge in [0.05, 0.1) is 16.6 Å². The third kappa shape index (κ3) is 3.39. The summed E-state index contributed by atoms with van der Waals surface area (Å²) >= 11 is 0. The lowest BCUT2D eigenvalue weighted by Crippen LogP contribution is -2.15. The van der Waals surface area contributed by atoms with E-state index in [0.717, 1.165) is 11.4 Å². The van der Waals surface area contributed by atoms with Crippen molar-refractivity contribution in [2.24, 2.45) is 0 Å². The maximum absolute atomic E-state index is 12.4. The molecule has 0 saturated heterocycles. The maximum Gasteiger partial charge on any atom is 0.338 e. The van der Waals surface area contributed by atoms with Gasteiger partial charge in [-0.3, -0.25) is 14.8 Å². The Balaban J connectivity index is 1.71. The lowest BCUT2D eigenvalue weighted by molar-refractivity contribution is 0.0474. The SMILES string of the molecule is C=CCn1c(C)cc(C(=O)COC(=O)c2ccc3nccnc3c2)c1C. The zero-order valence-electron chi connectivity index (χ0n) is 14.7. The van der Waals surface area contributed by atoms with Gasteiger partial charge in [0.25, 0.3) is 0 Å². The molecule has 6 nitrogen and oxygen atoms in total. The quantitative estimate of drug-likeness (QED) is 0.388. The number of esters is 1. The van der Waals surface area contributed by atoms with Crippen LogP contribution >= 0.6 is 0 Å². The van der Waals surface area contributed by atoms with Crippen molar-refractivity contribution in [1.29, 1.82) is 0 Å². The normalized spacial score (nSPS) is 10.7. The Bertz CT molecular complexity index is 1000. The van der Waals surface area contributed by atoms with E-state index in [4.69, 9.17) is 4.74 Å². The highest BCUT2D eigenvalue weighted by atomic mass is 16.5. The zero-order chi connectivity index (χ0) is 18.7. The molecule has 0 N–H and O–H groups in total. The summed E-state index contributed by atoms with van der Waals surface area (Å²) in [5.41, 5.74) is 3.98. The number of hydrogen-bond acceptors (Lipinski definition) is 5. The van der Waals surface area contributed by atoms with Gasteiger partial charge >= 0.3 is 5.97 Å². The van der Waals surface area contributed by atoms with Crippen LogP contribution in [0.4, 0.5) is 0 Å². The van der Waals surface area contributed by atoms with Crippen molar-refractivity contribution in [2.45, 2.75) is 20.4 Å². The minimum absolute atomic E-state index is 0.234. The summed E-state index contributed by atoms with van der Waals surface area (Å²) in [7, 11) is 0. The topological polar surface area (TPSA) is 74.1 Å². The van der Waals surface area contributed by atoms with Crippen LogP contribution < -0.4 is 0 Å². The molecule has 0 aliphatic rings. The van der Waals surface area contributed by atoms with Crippen LogP contribution in [0.2, 0.25) is 0 Å². The van der Waals surface area contributed by atoms with Gasteiger partial charge < -0.3 is 9.30 Å². The molecule has 0 spiro atoms. The van der Waals surface area contributed by atoms with Gasteiger partial charge in [0.2, 0.25) is 5.78 Å². The number of carbonyl (C=O) groups excluding carboxylic acids is 2. The van der Waals surface area contributed by atoms with Gasteiger partial charge in [0, 0.05) is 35.9 Å². The second-order valence-corrected chi connectivity index (χ2v) is 5.94. The molecule has 0 saturated carbocycles. The highest BCUT2D eigenvalue weighted by Gasteiger charge is 2.17. The Labute approximate surface area is 151 Å². The van der Waals surface area contributed by atoms with Gasteiger partial charge in [-0.15, -0.1) is 6.58 Å². The molecule has 1 aromatic carbocycles. The van der Waals surface area contributed by atoms with Crippen LogP contribution in [0.15, 0.2) is 49.3 Å². The number of Topliss-reactive ketones (excluding diaryl/α,β-unsaturated/α-hetero) is 1. The summed E-state index contributed by atoms with van der Waals surface area (Å²) in [5, 5.41) is 0. The average Bonchev–Trinajstić information content (AvgIpc) is 2.94. The van der Waals surface area contributed by atoms with E-state index in [1.807, 2.05) is 18.4 Å². The second kappa shape index (κ2) is 7.31. The van der Waals surface area contributed by atoms with Crippen LogP contribution in [-0.2, 0) is 11.3 Å². The zero-order valence-corrected chi connectivity index (χ0v) is 14.7. The fourth-order valence-corrected chi connectivity index (χ4v) is 2.88. The first-order valence-electron chi connectivity index (χ1n) is 8.20. The second-order valence-electron chi connectivity index (χ2n) is 5.94. The number of nitrogens with zero attached hydrogens (tertiary/aromatic N) is 3. The smallest absolute Gasteiger partial charge is 0.338 e. The van der Waals surface area contributed by atoms with Crippen molar-refractivity contribution in [1.82, 2.24) is 14.5 Å². The van der Waals surface area contributed by atoms with Crippen LogP contribution in [0.1, 0.15) is 32.1 Å². The van der Waals surface area contributed by atoms with Crippen LogP contribution in [0.5, 0.6) is 0 Å². The van der Waals surface area contributed by atoms with Crippen LogP contribution in [0.3, 0.4) is 0 Å². The highest BCUT2D eigenvalue weighted by molar-refractivity contribution is 6.01. The Morgan fingerprint density at radius 2 is 1.88 bits per heavy atom. The van der Waals surface area contributed by atoms with E-state index in [0.29, 0.717) is 28.7 Å². The van der Waals surface area contributed by atoms with E-state index in [2.05, 4.69) is 16.5 Å². The molecule has 0 bridgehead atoms. The van der Waals surface area contributed by atoms with Gasteiger partial charge in [-0.05, 0) is 38.1 Å². The molecule has 0 fully saturated rings. The molecule has 0 atom stereocenters. The third-order valence-electron chi connectivity index (χ3n) is 4.23. The van der Waals surface area contributed by atoms with Gasteiger partial charge in [-0.2, -0.15) is 0 Å². The number of hydrogen-bond donors (Lipinski definition) is 0. The largest absolute Gasteiger partial charge is 0.454 e. The molecule has 0 unspecified atom stereocenters. The number of carbonyl (C=O) groups is 2. The van der Waals surface area contributed by atoms with Gasteiger partial charge in [0.15, 0.2) is 6.61 Å². The van der Waals surface area contributed by atoms with E-state index in [9.17, 15) is 9.59 Å². The summed E-state index contributed by atoms with van der Waals surface area (Å²) < 4.78 is 7.18. The number of ether oxygens (including phenoxy) is 1. The van der Waals surface area contributed by atoms with Gasteiger partial charge in [-0.1, -0.05) is 6.08 Å². The fraction of sp³-hybridized carbons (Fsp3) is 0.200. The predicted molar refractivity (Wildman–Crippen MR) is 98.3 cm³/mol. The minimum atomic E-state index is -0.564. The van der Waals surface area contributed by atoms with E-state index in [1.165, 1.54) is 0 Å². The number of rotatable bonds is 6. The lowest BCUT2D eigenvalue weighted by Gasteiger charge is -2.07. The molecule has 0 radical (unpaired) electrons. The first kappa shape index (κ1) is 17.5. The summed E-state index contributed by atoms with van der Waals surface area (Å²) in [5.74, 6) is -0.798. The van der Waals surface area contributed by atoms with Gasteiger partial charge in [-0.25, -0.2) is 4.79 Å². The lowest BCUT2D eigenvalue weighted by atomic mass is 10.1. The molecule has 2 heterocycles. The number of fused-ring (bicyclic) bond motifs is 1. The molecule has 0 aliphatic carbocycles. The average molecular weight is 349 g/mol. The predicted octanol–water partition coefficient (Wildman–Crippen LogP) is 3.27. The summed E-state index contributed by atoms with van der Waals surface area (Å²) in [6, 6.07) is 6.72. The molecule has 3 aromatic rings. The molecule has 26 heavy (non-hydrogen) atoms. The molecule has 6 heteroatoms. The standard InChI is InChI=1S/C20H19N3O3/c1-4-9-23-13(2)10-16(14(23)3)19(24)12-26-20(25)15-5-6-17-18(11-15)22-8-7-21-17/h4-8,10-11H,1,9,12H2,2-3H3. The Morgan fingerprint density at radius 1 is 1.15 bits per heavy atom. The van der Waals surface area contributed by atoms with E-state index in [1.54, 1.807) is 42.7 Å². The summed E-state index contributed by atoms with van der Waals surface area (Å²) in [4.78, 5) is 33.0. The maximum atomic E-state index is 12.4. The number of benzene rings is 1. The van der Waals surface area contributed by atoms with Crippen molar-refractivity contribution < 1.29 is 14.3 Å². The van der Waals surface area contributed by atoms with Crippen LogP contribution in [0.25, 0.3) is 11.0 Å². The summed E-state index contributed by atoms with van der Waals surface area (Å²) in [6.07, 6.45) is 4.92. The Morgan fingerprint density at radius 3 is 2.62 bits per heavy atom. The minimum Gasteiger partial charge on any atom is -0.454 e. The van der Waals surface area contributed by atoms with E-state index in [-0.39, 0.29) is 12.4 Å². The Hall–Kier alpha value is -3.28. The van der Waals surface area contributed by atoms with Crippen molar-refractivity contribution in [2.75, 3.05) is 6.61 Å². The number of aryl methyl sites for hydroxylation is 1. The molecule has 0 aliphatic heterocycles. The first-order valence-corrected chi connectivity index (χ1v) is 8.20. The Kier molecular flexibility index (Phi) is 4.93. The van der Waals surface area contributed by atoms with Crippen molar-refractivity contribution in [3.63, 3.8) is 0 Å². The molecule has 0 amide bonds. The molecular weight excluding hydrogens is 330 g/mol. The summed E-state index contributed by atoms with van der Waals surface area (Å²) in [6.45, 7) is 7.83. The van der Waals surface area contributed by atoms with Crippen molar-refractivity contribution >= 4 is 22.8 Å². The van der Waals surface area contributed by atoms with Gasteiger partial charge in [0.1, 0.15) is 0 Å². The van der Waals surface area contributed by atoms with Crippen molar-refractivity contribution in [3.05, 3.63) is 71.8 Å². The fourth-order valence-electron chi connectivity index (χ4n) is 2.88. The van der Waals surface area contributed by atoms with E-state index < -0.39 is 5.97 Å². The third-order valence-corrected chi connectivity index (χ3v) is 4.23. The monoisotopic (exact) mass is 349 g/mol. The molecular formula is C20H19N3O3. The first-order chi connectivity index (χ1) is 12.5. The number of aromatic nitrogens is 3. The van der Waals surface area contributed by atoms with Crippen molar-refractivity contribution in [3.8, 4) is 0 Å². The number of allylic oxidation sites excluding steroid dienone is 1. The number of ketones is 1. The molecule has 3 rings (SSSR count).